The second-order valence-electron chi connectivity index (χ2n) is 6.71. The number of carbonyl (C=O) groups excluding carboxylic acids is 1. The highest BCUT2D eigenvalue weighted by Crippen LogP contribution is 2.31. The van der Waals surface area contributed by atoms with Crippen molar-refractivity contribution >= 4 is 21.8 Å². The van der Waals surface area contributed by atoms with Gasteiger partial charge in [0.2, 0.25) is 0 Å². The fraction of sp³-hybridized carbons (Fsp3) is 0.0909. The van der Waals surface area contributed by atoms with Gasteiger partial charge in [0.25, 0.3) is 5.91 Å². The van der Waals surface area contributed by atoms with E-state index >= 15 is 0 Å². The highest BCUT2D eigenvalue weighted by molar-refractivity contribution is 9.10. The van der Waals surface area contributed by atoms with Crippen LogP contribution in [0.5, 0.6) is 0 Å². The molecular formula is C22H16BrN5O. The number of halogens is 1. The lowest BCUT2D eigenvalue weighted by molar-refractivity contribution is 0.0924. The Morgan fingerprint density at radius 2 is 1.76 bits per heavy atom. The Kier molecular flexibility index (Phi) is 4.44. The van der Waals surface area contributed by atoms with E-state index in [2.05, 4.69) is 49.5 Å². The summed E-state index contributed by atoms with van der Waals surface area (Å²) in [5.41, 5.74) is 5.00. The second-order valence-corrected chi connectivity index (χ2v) is 7.63. The normalized spacial score (nSPS) is 13.1. The average molecular weight is 446 g/mol. The van der Waals surface area contributed by atoms with Gasteiger partial charge in [0, 0.05) is 22.8 Å². The molecule has 29 heavy (non-hydrogen) atoms. The van der Waals surface area contributed by atoms with Crippen LogP contribution >= 0.6 is 15.9 Å². The van der Waals surface area contributed by atoms with Crippen LogP contribution in [-0.2, 0) is 6.54 Å². The Morgan fingerprint density at radius 1 is 0.966 bits per heavy atom. The molecule has 0 bridgehead atoms. The summed E-state index contributed by atoms with van der Waals surface area (Å²) >= 11 is 3.48. The van der Waals surface area contributed by atoms with Gasteiger partial charge in [-0.25, -0.2) is 9.97 Å². The van der Waals surface area contributed by atoms with Crippen LogP contribution in [0.1, 0.15) is 10.5 Å². The third-order valence-electron chi connectivity index (χ3n) is 4.86. The van der Waals surface area contributed by atoms with E-state index < -0.39 is 0 Å². The summed E-state index contributed by atoms with van der Waals surface area (Å²) in [7, 11) is 0. The van der Waals surface area contributed by atoms with Crippen LogP contribution in [0.15, 0.2) is 71.3 Å². The lowest BCUT2D eigenvalue weighted by Gasteiger charge is -2.13. The van der Waals surface area contributed by atoms with Crippen molar-refractivity contribution in [3.8, 4) is 33.9 Å². The summed E-state index contributed by atoms with van der Waals surface area (Å²) in [5.74, 6) is 0.515. The Balaban J connectivity index is 1.58. The zero-order chi connectivity index (χ0) is 19.8. The van der Waals surface area contributed by atoms with Crippen LogP contribution in [0.4, 0.5) is 0 Å². The Labute approximate surface area is 175 Å². The van der Waals surface area contributed by atoms with Crippen LogP contribution in [0, 0.1) is 0 Å². The summed E-state index contributed by atoms with van der Waals surface area (Å²) in [5, 5.41) is 7.39. The maximum absolute atomic E-state index is 12.0. The first kappa shape index (κ1) is 17.8. The number of fused-ring (bicyclic) bond motifs is 1. The molecule has 3 heterocycles. The van der Waals surface area contributed by atoms with Crippen LogP contribution in [-0.4, -0.2) is 32.2 Å². The highest BCUT2D eigenvalue weighted by atomic mass is 79.9. The molecule has 1 aliphatic rings. The zero-order valence-corrected chi connectivity index (χ0v) is 16.9. The summed E-state index contributed by atoms with van der Waals surface area (Å²) in [6.45, 7) is 1.24. The van der Waals surface area contributed by atoms with Gasteiger partial charge < -0.3 is 5.32 Å². The van der Waals surface area contributed by atoms with Crippen molar-refractivity contribution in [1.29, 1.82) is 0 Å². The number of carbonyl (C=O) groups is 1. The van der Waals surface area contributed by atoms with Gasteiger partial charge >= 0.3 is 0 Å². The molecule has 4 aromatic rings. The molecule has 1 N–H and O–H groups in total. The molecule has 0 atom stereocenters. The van der Waals surface area contributed by atoms with E-state index in [1.165, 1.54) is 0 Å². The molecular weight excluding hydrogens is 430 g/mol. The van der Waals surface area contributed by atoms with Crippen molar-refractivity contribution in [1.82, 2.24) is 25.1 Å². The number of aromatic nitrogens is 4. The molecule has 1 amide bonds. The number of nitrogens with zero attached hydrogens (tertiary/aromatic N) is 4. The number of hydrogen-bond donors (Lipinski definition) is 1. The van der Waals surface area contributed by atoms with E-state index in [1.54, 1.807) is 16.9 Å². The van der Waals surface area contributed by atoms with Crippen molar-refractivity contribution in [3.63, 3.8) is 0 Å². The fourth-order valence-corrected chi connectivity index (χ4v) is 3.72. The largest absolute Gasteiger partial charge is 0.349 e. The molecule has 0 saturated heterocycles. The summed E-state index contributed by atoms with van der Waals surface area (Å²) in [4.78, 5) is 21.3. The molecule has 7 heteroatoms. The molecule has 2 aromatic heterocycles. The lowest BCUT2D eigenvalue weighted by atomic mass is 9.99. The number of hydrogen-bond acceptors (Lipinski definition) is 4. The van der Waals surface area contributed by atoms with Crippen LogP contribution < -0.4 is 5.32 Å². The standard InChI is InChI=1S/C22H16BrN5O/c23-15-7-5-14(6-8-15)16-3-1-2-4-17(16)21-24-10-9-18(26-21)19-13-20-22(29)25-11-12-28(20)27-19/h1-10,13H,11-12H2,(H,25,29). The second kappa shape index (κ2) is 7.25. The molecule has 5 rings (SSSR count). The number of amides is 1. The quantitative estimate of drug-likeness (QED) is 0.513. The molecule has 6 nitrogen and oxygen atoms in total. The summed E-state index contributed by atoms with van der Waals surface area (Å²) < 4.78 is 2.76. The van der Waals surface area contributed by atoms with E-state index in [0.717, 1.165) is 21.2 Å². The van der Waals surface area contributed by atoms with Crippen molar-refractivity contribution in [2.75, 3.05) is 6.54 Å². The fourth-order valence-electron chi connectivity index (χ4n) is 3.45. The van der Waals surface area contributed by atoms with Crippen LogP contribution in [0.2, 0.25) is 0 Å². The van der Waals surface area contributed by atoms with Gasteiger partial charge in [-0.15, -0.1) is 0 Å². The summed E-state index contributed by atoms with van der Waals surface area (Å²) in [6.07, 6.45) is 1.73. The minimum Gasteiger partial charge on any atom is -0.349 e. The van der Waals surface area contributed by atoms with Gasteiger partial charge in [0.05, 0.1) is 12.2 Å². The van der Waals surface area contributed by atoms with Gasteiger partial charge in [-0.1, -0.05) is 52.3 Å². The molecule has 0 radical (unpaired) electrons. The van der Waals surface area contributed by atoms with Gasteiger partial charge in [0.1, 0.15) is 11.4 Å². The molecule has 0 unspecified atom stereocenters. The van der Waals surface area contributed by atoms with Gasteiger partial charge in [0.15, 0.2) is 5.82 Å². The highest BCUT2D eigenvalue weighted by Gasteiger charge is 2.20. The minimum absolute atomic E-state index is 0.107. The monoisotopic (exact) mass is 445 g/mol. The predicted octanol–water partition coefficient (Wildman–Crippen LogP) is 4.18. The smallest absolute Gasteiger partial charge is 0.269 e. The Bertz CT molecular complexity index is 1220. The predicted molar refractivity (Wildman–Crippen MR) is 114 cm³/mol. The maximum atomic E-state index is 12.0. The van der Waals surface area contributed by atoms with E-state index in [-0.39, 0.29) is 5.91 Å². The zero-order valence-electron chi connectivity index (χ0n) is 15.3. The van der Waals surface area contributed by atoms with Crippen molar-refractivity contribution in [2.24, 2.45) is 0 Å². The Morgan fingerprint density at radius 3 is 2.55 bits per heavy atom. The third kappa shape index (κ3) is 3.34. The summed E-state index contributed by atoms with van der Waals surface area (Å²) in [6, 6.07) is 19.8. The third-order valence-corrected chi connectivity index (χ3v) is 5.39. The topological polar surface area (TPSA) is 72.7 Å². The number of rotatable bonds is 3. The lowest BCUT2D eigenvalue weighted by Crippen LogP contribution is -2.35. The van der Waals surface area contributed by atoms with Crippen molar-refractivity contribution in [2.45, 2.75) is 6.54 Å². The van der Waals surface area contributed by atoms with E-state index in [4.69, 9.17) is 4.98 Å². The SMILES string of the molecule is O=C1NCCn2nc(-c3ccnc(-c4ccccc4-c4ccc(Br)cc4)n3)cc21. The van der Waals surface area contributed by atoms with Crippen molar-refractivity contribution in [3.05, 3.63) is 77.0 Å². The first-order valence-corrected chi connectivity index (χ1v) is 10.0. The first-order chi connectivity index (χ1) is 14.2. The first-order valence-electron chi connectivity index (χ1n) is 9.24. The molecule has 0 fully saturated rings. The van der Waals surface area contributed by atoms with E-state index in [9.17, 15) is 4.79 Å². The maximum Gasteiger partial charge on any atom is 0.269 e. The van der Waals surface area contributed by atoms with E-state index in [0.29, 0.717) is 36.0 Å². The Hall–Kier alpha value is -3.32. The number of benzene rings is 2. The van der Waals surface area contributed by atoms with E-state index in [1.807, 2.05) is 36.4 Å². The molecule has 0 aliphatic carbocycles. The van der Waals surface area contributed by atoms with Gasteiger partial charge in [-0.2, -0.15) is 5.10 Å². The van der Waals surface area contributed by atoms with Crippen LogP contribution in [0.25, 0.3) is 33.9 Å². The van der Waals surface area contributed by atoms with Gasteiger partial charge in [-0.3, -0.25) is 9.48 Å². The van der Waals surface area contributed by atoms with Crippen molar-refractivity contribution < 1.29 is 4.79 Å². The molecule has 2 aromatic carbocycles. The molecule has 142 valence electrons. The van der Waals surface area contributed by atoms with Crippen LogP contribution in [0.3, 0.4) is 0 Å². The molecule has 0 spiro atoms. The van der Waals surface area contributed by atoms with Gasteiger partial charge in [-0.05, 0) is 35.4 Å². The molecule has 1 aliphatic heterocycles. The average Bonchev–Trinajstić information content (AvgIpc) is 3.20. The molecule has 0 saturated carbocycles. The number of nitrogens with one attached hydrogen (secondary N) is 1. The minimum atomic E-state index is -0.107.